The molecule has 1 aliphatic rings. The fraction of sp³-hybridized carbons (Fsp3) is 1.00. The molecule has 0 aromatic heterocycles. The lowest BCUT2D eigenvalue weighted by atomic mass is 10.1. The SMILES string of the molecule is CCC(C)N1CCN(CC(C)C)CC1. The summed E-state index contributed by atoms with van der Waals surface area (Å²) in [5.41, 5.74) is 0. The fourth-order valence-electron chi connectivity index (χ4n) is 2.16. The molecular formula is C12H26N2. The second-order valence-electron chi connectivity index (χ2n) is 4.99. The summed E-state index contributed by atoms with van der Waals surface area (Å²) in [5, 5.41) is 0. The summed E-state index contributed by atoms with van der Waals surface area (Å²) in [7, 11) is 0. The van der Waals surface area contributed by atoms with Gasteiger partial charge in [-0.3, -0.25) is 4.90 Å². The average molecular weight is 198 g/mol. The van der Waals surface area contributed by atoms with Crippen LogP contribution in [-0.4, -0.2) is 48.6 Å². The van der Waals surface area contributed by atoms with Crippen molar-refractivity contribution in [3.63, 3.8) is 0 Å². The number of hydrogen-bond donors (Lipinski definition) is 0. The number of rotatable bonds is 4. The van der Waals surface area contributed by atoms with E-state index in [9.17, 15) is 0 Å². The van der Waals surface area contributed by atoms with E-state index < -0.39 is 0 Å². The molecule has 0 bridgehead atoms. The van der Waals surface area contributed by atoms with Crippen molar-refractivity contribution in [1.29, 1.82) is 0 Å². The van der Waals surface area contributed by atoms with Crippen LogP contribution in [0.3, 0.4) is 0 Å². The monoisotopic (exact) mass is 198 g/mol. The third-order valence-corrected chi connectivity index (χ3v) is 3.24. The second-order valence-corrected chi connectivity index (χ2v) is 4.99. The van der Waals surface area contributed by atoms with Gasteiger partial charge in [0, 0.05) is 38.8 Å². The Labute approximate surface area is 89.3 Å². The van der Waals surface area contributed by atoms with Crippen LogP contribution in [0.5, 0.6) is 0 Å². The van der Waals surface area contributed by atoms with E-state index in [4.69, 9.17) is 0 Å². The highest BCUT2D eigenvalue weighted by Crippen LogP contribution is 2.09. The normalized spacial score (nSPS) is 22.9. The van der Waals surface area contributed by atoms with Gasteiger partial charge in [0.05, 0.1) is 0 Å². The van der Waals surface area contributed by atoms with Gasteiger partial charge in [-0.15, -0.1) is 0 Å². The van der Waals surface area contributed by atoms with Crippen molar-refractivity contribution in [2.45, 2.75) is 40.2 Å². The van der Waals surface area contributed by atoms with Crippen molar-refractivity contribution in [3.05, 3.63) is 0 Å². The summed E-state index contributed by atoms with van der Waals surface area (Å²) in [5.74, 6) is 0.810. The number of nitrogens with zero attached hydrogens (tertiary/aromatic N) is 2. The highest BCUT2D eigenvalue weighted by molar-refractivity contribution is 4.75. The highest BCUT2D eigenvalue weighted by Gasteiger charge is 2.19. The van der Waals surface area contributed by atoms with Crippen LogP contribution in [0, 0.1) is 5.92 Å². The van der Waals surface area contributed by atoms with Crippen LogP contribution < -0.4 is 0 Å². The van der Waals surface area contributed by atoms with Gasteiger partial charge in [0.25, 0.3) is 0 Å². The molecule has 0 saturated carbocycles. The summed E-state index contributed by atoms with van der Waals surface area (Å²) < 4.78 is 0. The van der Waals surface area contributed by atoms with E-state index in [1.54, 1.807) is 0 Å². The van der Waals surface area contributed by atoms with Crippen molar-refractivity contribution in [3.8, 4) is 0 Å². The van der Waals surface area contributed by atoms with Gasteiger partial charge in [-0.05, 0) is 19.3 Å². The van der Waals surface area contributed by atoms with Crippen molar-refractivity contribution in [2.75, 3.05) is 32.7 Å². The Kier molecular flexibility index (Phi) is 4.90. The standard InChI is InChI=1S/C12H26N2/c1-5-12(4)14-8-6-13(7-9-14)10-11(2)3/h11-12H,5-10H2,1-4H3. The summed E-state index contributed by atoms with van der Waals surface area (Å²) >= 11 is 0. The van der Waals surface area contributed by atoms with Gasteiger partial charge in [-0.25, -0.2) is 0 Å². The van der Waals surface area contributed by atoms with E-state index in [0.717, 1.165) is 12.0 Å². The number of hydrogen-bond acceptors (Lipinski definition) is 2. The summed E-state index contributed by atoms with van der Waals surface area (Å²) in [6.45, 7) is 15.6. The maximum absolute atomic E-state index is 2.62. The van der Waals surface area contributed by atoms with Gasteiger partial charge in [-0.2, -0.15) is 0 Å². The molecule has 0 aromatic rings. The molecule has 0 amide bonds. The first-order valence-electron chi connectivity index (χ1n) is 6.09. The van der Waals surface area contributed by atoms with Gasteiger partial charge >= 0.3 is 0 Å². The first-order chi connectivity index (χ1) is 6.63. The van der Waals surface area contributed by atoms with Crippen molar-refractivity contribution >= 4 is 0 Å². The van der Waals surface area contributed by atoms with E-state index in [-0.39, 0.29) is 0 Å². The molecule has 14 heavy (non-hydrogen) atoms. The Morgan fingerprint density at radius 3 is 2.00 bits per heavy atom. The van der Waals surface area contributed by atoms with Crippen LogP contribution in [-0.2, 0) is 0 Å². The van der Waals surface area contributed by atoms with Crippen molar-refractivity contribution in [1.82, 2.24) is 9.80 Å². The van der Waals surface area contributed by atoms with Crippen LogP contribution in [0.25, 0.3) is 0 Å². The van der Waals surface area contributed by atoms with E-state index >= 15 is 0 Å². The van der Waals surface area contributed by atoms with Gasteiger partial charge in [-0.1, -0.05) is 20.8 Å². The average Bonchev–Trinajstić information content (AvgIpc) is 2.17. The van der Waals surface area contributed by atoms with Gasteiger partial charge < -0.3 is 4.90 Å². The predicted molar refractivity (Wildman–Crippen MR) is 62.6 cm³/mol. The lowest BCUT2D eigenvalue weighted by Crippen LogP contribution is -2.50. The molecular weight excluding hydrogens is 172 g/mol. The Balaban J connectivity index is 2.24. The molecule has 2 heteroatoms. The third kappa shape index (κ3) is 3.58. The molecule has 1 atom stereocenters. The summed E-state index contributed by atoms with van der Waals surface area (Å²) in [4.78, 5) is 5.22. The number of piperazine rings is 1. The van der Waals surface area contributed by atoms with Crippen LogP contribution in [0.4, 0.5) is 0 Å². The minimum Gasteiger partial charge on any atom is -0.301 e. The largest absolute Gasteiger partial charge is 0.301 e. The minimum absolute atomic E-state index is 0.774. The van der Waals surface area contributed by atoms with Crippen molar-refractivity contribution < 1.29 is 0 Å². The minimum atomic E-state index is 0.774. The highest BCUT2D eigenvalue weighted by atomic mass is 15.3. The maximum Gasteiger partial charge on any atom is 0.0113 e. The second kappa shape index (κ2) is 5.72. The predicted octanol–water partition coefficient (Wildman–Crippen LogP) is 2.06. The zero-order valence-corrected chi connectivity index (χ0v) is 10.3. The van der Waals surface area contributed by atoms with Crippen LogP contribution >= 0.6 is 0 Å². The lowest BCUT2D eigenvalue weighted by molar-refractivity contribution is 0.0934. The van der Waals surface area contributed by atoms with E-state index in [0.29, 0.717) is 0 Å². The molecule has 0 spiro atoms. The van der Waals surface area contributed by atoms with E-state index in [1.165, 1.54) is 39.1 Å². The van der Waals surface area contributed by atoms with Crippen LogP contribution in [0.2, 0.25) is 0 Å². The molecule has 1 fully saturated rings. The molecule has 1 heterocycles. The molecule has 1 aliphatic heterocycles. The first kappa shape index (κ1) is 12.0. The van der Waals surface area contributed by atoms with E-state index in [2.05, 4.69) is 37.5 Å². The molecule has 0 aromatic carbocycles. The molecule has 2 nitrogen and oxygen atoms in total. The first-order valence-corrected chi connectivity index (χ1v) is 6.09. The molecule has 1 unspecified atom stereocenters. The third-order valence-electron chi connectivity index (χ3n) is 3.24. The molecule has 84 valence electrons. The fourth-order valence-corrected chi connectivity index (χ4v) is 2.16. The van der Waals surface area contributed by atoms with Gasteiger partial charge in [0.15, 0.2) is 0 Å². The molecule has 0 radical (unpaired) electrons. The van der Waals surface area contributed by atoms with Gasteiger partial charge in [0.1, 0.15) is 0 Å². The Bertz CT molecular complexity index is 148. The summed E-state index contributed by atoms with van der Waals surface area (Å²) in [6, 6.07) is 0.774. The molecule has 1 rings (SSSR count). The Morgan fingerprint density at radius 2 is 1.57 bits per heavy atom. The Hall–Kier alpha value is -0.0800. The van der Waals surface area contributed by atoms with Crippen LogP contribution in [0.1, 0.15) is 34.1 Å². The van der Waals surface area contributed by atoms with E-state index in [1.807, 2.05) is 0 Å². The Morgan fingerprint density at radius 1 is 1.00 bits per heavy atom. The van der Waals surface area contributed by atoms with Crippen LogP contribution in [0.15, 0.2) is 0 Å². The quantitative estimate of drug-likeness (QED) is 0.682. The summed E-state index contributed by atoms with van der Waals surface area (Å²) in [6.07, 6.45) is 1.28. The topological polar surface area (TPSA) is 6.48 Å². The molecule has 0 N–H and O–H groups in total. The van der Waals surface area contributed by atoms with Crippen molar-refractivity contribution in [2.24, 2.45) is 5.92 Å². The molecule has 0 aliphatic carbocycles. The maximum atomic E-state index is 2.62. The zero-order valence-electron chi connectivity index (χ0n) is 10.3. The molecule has 1 saturated heterocycles. The smallest absolute Gasteiger partial charge is 0.0113 e. The van der Waals surface area contributed by atoms with Gasteiger partial charge in [0.2, 0.25) is 0 Å². The zero-order chi connectivity index (χ0) is 10.6. The lowest BCUT2D eigenvalue weighted by Gasteiger charge is -2.38.